The minimum atomic E-state index is 0.637. The second-order valence-electron chi connectivity index (χ2n) is 2.62. The molecule has 0 N–H and O–H groups in total. The summed E-state index contributed by atoms with van der Waals surface area (Å²) in [6.45, 7) is 2.07. The second-order valence-corrected chi connectivity index (χ2v) is 3.79. The molecule has 0 atom stereocenters. The number of benzene rings is 1. The third-order valence-electron chi connectivity index (χ3n) is 1.53. The van der Waals surface area contributed by atoms with Gasteiger partial charge in [-0.2, -0.15) is 0 Å². The monoisotopic (exact) mass is 180 g/mol. The van der Waals surface area contributed by atoms with Crippen LogP contribution in [0, 0.1) is 6.92 Å². The summed E-state index contributed by atoms with van der Waals surface area (Å²) < 4.78 is 0. The van der Waals surface area contributed by atoms with Crippen LogP contribution < -0.4 is 0 Å². The van der Waals surface area contributed by atoms with Crippen molar-refractivity contribution in [1.82, 2.24) is 0 Å². The molecule has 0 bridgehead atoms. The van der Waals surface area contributed by atoms with Gasteiger partial charge in [0.1, 0.15) is 6.29 Å². The van der Waals surface area contributed by atoms with E-state index >= 15 is 0 Å². The number of aldehydes is 1. The summed E-state index contributed by atoms with van der Waals surface area (Å²) in [6.07, 6.45) is 1.60. The third-order valence-corrected chi connectivity index (χ3v) is 2.57. The lowest BCUT2D eigenvalue weighted by Gasteiger charge is -1.98. The van der Waals surface area contributed by atoms with E-state index in [1.807, 2.05) is 0 Å². The lowest BCUT2D eigenvalue weighted by atomic mass is 10.2. The smallest absolute Gasteiger partial charge is 0.120 e. The summed E-state index contributed by atoms with van der Waals surface area (Å²) in [5, 5.41) is 0. The lowest BCUT2D eigenvalue weighted by molar-refractivity contribution is -0.107. The predicted octanol–water partition coefficient (Wildman–Crippen LogP) is 2.68. The Labute approximate surface area is 77.2 Å². The van der Waals surface area contributed by atoms with E-state index in [1.54, 1.807) is 11.8 Å². The van der Waals surface area contributed by atoms with E-state index in [1.165, 1.54) is 10.5 Å². The minimum absolute atomic E-state index is 0.637. The van der Waals surface area contributed by atoms with Gasteiger partial charge >= 0.3 is 0 Å². The van der Waals surface area contributed by atoms with Crippen molar-refractivity contribution in [1.29, 1.82) is 0 Å². The molecule has 0 saturated carbocycles. The molecule has 12 heavy (non-hydrogen) atoms. The highest BCUT2D eigenvalue weighted by Gasteiger charge is 1.91. The van der Waals surface area contributed by atoms with Crippen molar-refractivity contribution < 1.29 is 4.79 Å². The molecule has 0 fully saturated rings. The largest absolute Gasteiger partial charge is 0.303 e. The predicted molar refractivity (Wildman–Crippen MR) is 52.6 cm³/mol. The van der Waals surface area contributed by atoms with Gasteiger partial charge in [-0.25, -0.2) is 0 Å². The molecule has 0 spiro atoms. The molecule has 0 aliphatic rings. The van der Waals surface area contributed by atoms with Crippen molar-refractivity contribution in [2.45, 2.75) is 18.2 Å². The van der Waals surface area contributed by atoms with Crippen LogP contribution in [0.4, 0.5) is 0 Å². The highest BCUT2D eigenvalue weighted by Crippen LogP contribution is 2.18. The number of thioether (sulfide) groups is 1. The van der Waals surface area contributed by atoms with E-state index in [-0.39, 0.29) is 0 Å². The van der Waals surface area contributed by atoms with Crippen molar-refractivity contribution in [3.63, 3.8) is 0 Å². The van der Waals surface area contributed by atoms with Crippen molar-refractivity contribution in [2.24, 2.45) is 0 Å². The fourth-order valence-corrected chi connectivity index (χ4v) is 1.64. The molecular formula is C10H12OS. The molecule has 1 aromatic carbocycles. The first kappa shape index (κ1) is 9.33. The van der Waals surface area contributed by atoms with E-state index in [0.717, 1.165) is 12.0 Å². The van der Waals surface area contributed by atoms with Crippen molar-refractivity contribution >= 4 is 18.0 Å². The van der Waals surface area contributed by atoms with Crippen LogP contribution in [-0.2, 0) is 4.79 Å². The SMILES string of the molecule is Cc1ccc(SCCC=O)cc1. The van der Waals surface area contributed by atoms with Crippen LogP contribution in [0.2, 0.25) is 0 Å². The number of hydrogen-bond acceptors (Lipinski definition) is 2. The van der Waals surface area contributed by atoms with Gasteiger partial charge in [-0.3, -0.25) is 0 Å². The van der Waals surface area contributed by atoms with Gasteiger partial charge in [0.05, 0.1) is 0 Å². The molecule has 0 unspecified atom stereocenters. The summed E-state index contributed by atoms with van der Waals surface area (Å²) in [5.41, 5.74) is 1.27. The molecule has 64 valence electrons. The number of hydrogen-bond donors (Lipinski definition) is 0. The second kappa shape index (κ2) is 4.99. The Morgan fingerprint density at radius 2 is 2.00 bits per heavy atom. The molecule has 1 nitrogen and oxygen atoms in total. The summed E-state index contributed by atoms with van der Waals surface area (Å²) in [6, 6.07) is 8.35. The number of rotatable bonds is 4. The summed E-state index contributed by atoms with van der Waals surface area (Å²) >= 11 is 1.72. The summed E-state index contributed by atoms with van der Waals surface area (Å²) in [7, 11) is 0. The van der Waals surface area contributed by atoms with Crippen LogP contribution >= 0.6 is 11.8 Å². The van der Waals surface area contributed by atoms with Crippen LogP contribution in [0.1, 0.15) is 12.0 Å². The molecule has 0 aromatic heterocycles. The van der Waals surface area contributed by atoms with Crippen LogP contribution in [0.25, 0.3) is 0 Å². The Morgan fingerprint density at radius 3 is 2.58 bits per heavy atom. The van der Waals surface area contributed by atoms with E-state index in [2.05, 4.69) is 31.2 Å². The summed E-state index contributed by atoms with van der Waals surface area (Å²) in [4.78, 5) is 11.3. The van der Waals surface area contributed by atoms with E-state index in [0.29, 0.717) is 6.42 Å². The van der Waals surface area contributed by atoms with Gasteiger partial charge in [-0.1, -0.05) is 17.7 Å². The van der Waals surface area contributed by atoms with Crippen LogP contribution in [-0.4, -0.2) is 12.0 Å². The first-order valence-corrected chi connectivity index (χ1v) is 4.94. The first-order valence-electron chi connectivity index (χ1n) is 3.96. The molecule has 0 heterocycles. The maximum absolute atomic E-state index is 10.0. The fraction of sp³-hybridized carbons (Fsp3) is 0.300. The van der Waals surface area contributed by atoms with Gasteiger partial charge in [0.15, 0.2) is 0 Å². The maximum Gasteiger partial charge on any atom is 0.120 e. The lowest BCUT2D eigenvalue weighted by Crippen LogP contribution is -1.80. The topological polar surface area (TPSA) is 17.1 Å². The van der Waals surface area contributed by atoms with Gasteiger partial charge in [0, 0.05) is 17.1 Å². The van der Waals surface area contributed by atoms with Crippen molar-refractivity contribution in [2.75, 3.05) is 5.75 Å². The van der Waals surface area contributed by atoms with Gasteiger partial charge in [-0.05, 0) is 19.1 Å². The highest BCUT2D eigenvalue weighted by molar-refractivity contribution is 7.99. The molecule has 0 radical (unpaired) electrons. The number of carbonyl (C=O) groups excluding carboxylic acids is 1. The van der Waals surface area contributed by atoms with Crippen LogP contribution in [0.5, 0.6) is 0 Å². The average molecular weight is 180 g/mol. The first-order chi connectivity index (χ1) is 5.83. The van der Waals surface area contributed by atoms with Gasteiger partial charge in [0.25, 0.3) is 0 Å². The van der Waals surface area contributed by atoms with E-state index in [9.17, 15) is 4.79 Å². The molecule has 1 rings (SSSR count). The Hall–Kier alpha value is -0.760. The van der Waals surface area contributed by atoms with Crippen LogP contribution in [0.15, 0.2) is 29.2 Å². The quantitative estimate of drug-likeness (QED) is 0.402. The normalized spacial score (nSPS) is 9.75. The summed E-state index contributed by atoms with van der Waals surface area (Å²) in [5.74, 6) is 0.882. The number of carbonyl (C=O) groups is 1. The van der Waals surface area contributed by atoms with Gasteiger partial charge in [-0.15, -0.1) is 11.8 Å². The molecule has 2 heteroatoms. The molecular weight excluding hydrogens is 168 g/mol. The average Bonchev–Trinajstić information content (AvgIpc) is 2.09. The molecule has 0 amide bonds. The zero-order valence-electron chi connectivity index (χ0n) is 7.12. The Bertz CT molecular complexity index is 241. The highest BCUT2D eigenvalue weighted by atomic mass is 32.2. The maximum atomic E-state index is 10.0. The Morgan fingerprint density at radius 1 is 1.33 bits per heavy atom. The Balaban J connectivity index is 2.42. The molecule has 0 aliphatic heterocycles. The zero-order valence-corrected chi connectivity index (χ0v) is 7.93. The third kappa shape index (κ3) is 3.09. The van der Waals surface area contributed by atoms with Gasteiger partial charge in [0.2, 0.25) is 0 Å². The van der Waals surface area contributed by atoms with Crippen molar-refractivity contribution in [3.05, 3.63) is 29.8 Å². The van der Waals surface area contributed by atoms with Crippen molar-refractivity contribution in [3.8, 4) is 0 Å². The molecule has 0 saturated heterocycles. The standard InChI is InChI=1S/C10H12OS/c1-9-3-5-10(6-4-9)12-8-2-7-11/h3-7H,2,8H2,1H3. The molecule has 1 aromatic rings. The Kier molecular flexibility index (Phi) is 3.88. The minimum Gasteiger partial charge on any atom is -0.303 e. The van der Waals surface area contributed by atoms with Gasteiger partial charge < -0.3 is 4.79 Å². The fourth-order valence-electron chi connectivity index (χ4n) is 0.859. The van der Waals surface area contributed by atoms with E-state index < -0.39 is 0 Å². The van der Waals surface area contributed by atoms with Crippen LogP contribution in [0.3, 0.4) is 0 Å². The molecule has 0 aliphatic carbocycles. The zero-order chi connectivity index (χ0) is 8.81. The van der Waals surface area contributed by atoms with E-state index in [4.69, 9.17) is 0 Å². The number of aryl methyl sites for hydroxylation is 1.